The summed E-state index contributed by atoms with van der Waals surface area (Å²) in [7, 11) is 3.12. The van der Waals surface area contributed by atoms with Crippen LogP contribution in [-0.2, 0) is 0 Å². The highest BCUT2D eigenvalue weighted by atomic mass is 16.5. The highest BCUT2D eigenvalue weighted by Crippen LogP contribution is 2.36. The molecule has 5 rings (SSSR count). The molecule has 0 spiro atoms. The number of anilines is 2. The van der Waals surface area contributed by atoms with Crippen molar-refractivity contribution in [1.82, 2.24) is 15.1 Å². The smallest absolute Gasteiger partial charge is 0.324 e. The number of urea groups is 1. The second-order valence-electron chi connectivity index (χ2n) is 8.21. The zero-order valence-electron chi connectivity index (χ0n) is 19.4. The third kappa shape index (κ3) is 5.32. The van der Waals surface area contributed by atoms with Crippen LogP contribution in [0.5, 0.6) is 23.1 Å². The molecular weight excluding hydrogens is 462 g/mol. The van der Waals surface area contributed by atoms with Crippen molar-refractivity contribution in [2.24, 2.45) is 0 Å². The largest absolute Gasteiger partial charge is 0.493 e. The van der Waals surface area contributed by atoms with E-state index < -0.39 is 6.03 Å². The first-order valence-electron chi connectivity index (χ1n) is 11.3. The van der Waals surface area contributed by atoms with Crippen LogP contribution in [0, 0.1) is 0 Å². The van der Waals surface area contributed by atoms with E-state index in [1.165, 1.54) is 19.2 Å². The van der Waals surface area contributed by atoms with Crippen molar-refractivity contribution in [3.63, 3.8) is 0 Å². The van der Waals surface area contributed by atoms with Crippen molar-refractivity contribution in [3.8, 4) is 23.1 Å². The average Bonchev–Trinajstić information content (AvgIpc) is 3.56. The maximum absolute atomic E-state index is 12.5. The van der Waals surface area contributed by atoms with E-state index in [4.69, 9.17) is 18.7 Å². The van der Waals surface area contributed by atoms with E-state index in [9.17, 15) is 4.79 Å². The number of fused-ring (bicyclic) bond motifs is 1. The van der Waals surface area contributed by atoms with Gasteiger partial charge in [-0.15, -0.1) is 0 Å². The van der Waals surface area contributed by atoms with Gasteiger partial charge in [0.15, 0.2) is 17.3 Å². The maximum Gasteiger partial charge on any atom is 0.324 e. The van der Waals surface area contributed by atoms with Gasteiger partial charge in [0.2, 0.25) is 5.88 Å². The van der Waals surface area contributed by atoms with E-state index in [-0.39, 0.29) is 7.43 Å². The molecule has 2 aromatic carbocycles. The highest BCUT2D eigenvalue weighted by molar-refractivity contribution is 5.99. The number of hydrogen-bond acceptors (Lipinski definition) is 8. The van der Waals surface area contributed by atoms with Crippen LogP contribution in [0.15, 0.2) is 53.3 Å². The van der Waals surface area contributed by atoms with E-state index in [0.29, 0.717) is 51.5 Å². The molecule has 2 heterocycles. The fourth-order valence-corrected chi connectivity index (χ4v) is 4.22. The van der Waals surface area contributed by atoms with Crippen molar-refractivity contribution in [1.29, 1.82) is 0 Å². The number of carbonyl (C=O) groups excluding carboxylic acids is 1. The fraction of sp³-hybridized carbons (Fsp3) is 0.308. The minimum atomic E-state index is -0.433. The molecule has 0 bridgehead atoms. The van der Waals surface area contributed by atoms with Gasteiger partial charge in [-0.1, -0.05) is 31.5 Å². The van der Waals surface area contributed by atoms with E-state index in [0.717, 1.165) is 18.6 Å². The molecule has 1 saturated carbocycles. The summed E-state index contributed by atoms with van der Waals surface area (Å²) >= 11 is 0. The van der Waals surface area contributed by atoms with Crippen molar-refractivity contribution in [2.45, 2.75) is 39.0 Å². The zero-order valence-corrected chi connectivity index (χ0v) is 19.4. The summed E-state index contributed by atoms with van der Waals surface area (Å²) in [4.78, 5) is 21.0. The Kier molecular flexibility index (Phi) is 7.53. The summed E-state index contributed by atoms with van der Waals surface area (Å²) in [5.41, 5.74) is 1.18. The third-order valence-corrected chi connectivity index (χ3v) is 5.94. The lowest BCUT2D eigenvalue weighted by Gasteiger charge is -2.12. The lowest BCUT2D eigenvalue weighted by Crippen LogP contribution is -2.19. The Morgan fingerprint density at radius 3 is 2.56 bits per heavy atom. The summed E-state index contributed by atoms with van der Waals surface area (Å²) in [5.74, 6) is 3.52. The number of benzene rings is 2. The molecule has 2 aromatic heterocycles. The quantitative estimate of drug-likeness (QED) is 0.306. The average molecular weight is 492 g/mol. The molecular formula is C26H29N5O5. The van der Waals surface area contributed by atoms with E-state index in [1.807, 2.05) is 0 Å². The number of nitrogens with zero attached hydrogens (tertiary/aromatic N) is 3. The van der Waals surface area contributed by atoms with Gasteiger partial charge >= 0.3 is 6.03 Å². The van der Waals surface area contributed by atoms with Gasteiger partial charge in [-0.2, -0.15) is 0 Å². The number of methoxy groups -OCH3 is 2. The molecule has 0 saturated heterocycles. The lowest BCUT2D eigenvalue weighted by atomic mass is 10.1. The molecule has 10 nitrogen and oxygen atoms in total. The molecule has 0 aliphatic heterocycles. The van der Waals surface area contributed by atoms with Crippen LogP contribution in [0.3, 0.4) is 0 Å². The Hall–Kier alpha value is -4.34. The minimum Gasteiger partial charge on any atom is -0.493 e. The van der Waals surface area contributed by atoms with Gasteiger partial charge < -0.3 is 24.1 Å². The SMILES string of the molecule is C.COc1cc2ncnc(Oc3cccc(NC(=O)Nc4cc(C5CCCC5)on4)c3)c2cc1OC. The molecule has 0 radical (unpaired) electrons. The van der Waals surface area contributed by atoms with Crippen LogP contribution < -0.4 is 24.8 Å². The third-order valence-electron chi connectivity index (χ3n) is 5.94. The molecule has 2 amide bonds. The van der Waals surface area contributed by atoms with Gasteiger partial charge in [-0.25, -0.2) is 14.8 Å². The number of amides is 2. The van der Waals surface area contributed by atoms with Gasteiger partial charge in [-0.3, -0.25) is 5.32 Å². The summed E-state index contributed by atoms with van der Waals surface area (Å²) in [6.07, 6.45) is 5.99. The molecule has 1 aliphatic carbocycles. The zero-order chi connectivity index (χ0) is 24.2. The predicted molar refractivity (Wildman–Crippen MR) is 136 cm³/mol. The van der Waals surface area contributed by atoms with Crippen molar-refractivity contribution >= 4 is 28.4 Å². The maximum atomic E-state index is 12.5. The number of rotatable bonds is 7. The summed E-state index contributed by atoms with van der Waals surface area (Å²) in [6.45, 7) is 0. The second kappa shape index (κ2) is 10.9. The Morgan fingerprint density at radius 2 is 1.78 bits per heavy atom. The van der Waals surface area contributed by atoms with Gasteiger partial charge in [0, 0.05) is 29.8 Å². The van der Waals surface area contributed by atoms with Crippen LogP contribution >= 0.6 is 0 Å². The van der Waals surface area contributed by atoms with Crippen LogP contribution in [0.1, 0.15) is 44.8 Å². The molecule has 10 heteroatoms. The Labute approximate surface area is 209 Å². The molecule has 0 atom stereocenters. The van der Waals surface area contributed by atoms with E-state index in [2.05, 4.69) is 25.8 Å². The van der Waals surface area contributed by atoms with Crippen LogP contribution in [-0.4, -0.2) is 35.4 Å². The molecule has 0 unspecified atom stereocenters. The van der Waals surface area contributed by atoms with Gasteiger partial charge in [0.1, 0.15) is 17.8 Å². The molecule has 36 heavy (non-hydrogen) atoms. The van der Waals surface area contributed by atoms with Gasteiger partial charge in [0.25, 0.3) is 0 Å². The standard InChI is InChI=1S/C25H25N5O5.CH4/c1-32-21-11-18-19(12-22(21)33-2)26-14-27-24(18)34-17-9-5-8-16(10-17)28-25(31)29-23-13-20(35-30-23)15-6-3-4-7-15;/h5,8-15H,3-4,6-7H2,1-2H3,(H2,28,29,30,31);1H4. The van der Waals surface area contributed by atoms with Gasteiger partial charge in [-0.05, 0) is 31.0 Å². The number of carbonyl (C=O) groups is 1. The van der Waals surface area contributed by atoms with Crippen LogP contribution in [0.2, 0.25) is 0 Å². The first-order valence-corrected chi connectivity index (χ1v) is 11.3. The second-order valence-corrected chi connectivity index (χ2v) is 8.21. The predicted octanol–water partition coefficient (Wildman–Crippen LogP) is 6.37. The minimum absolute atomic E-state index is 0. The number of ether oxygens (including phenoxy) is 3. The van der Waals surface area contributed by atoms with E-state index in [1.54, 1.807) is 56.7 Å². The molecule has 1 fully saturated rings. The van der Waals surface area contributed by atoms with Crippen molar-refractivity contribution in [2.75, 3.05) is 24.9 Å². The molecule has 4 aromatic rings. The highest BCUT2D eigenvalue weighted by Gasteiger charge is 2.22. The lowest BCUT2D eigenvalue weighted by molar-refractivity contribution is 0.262. The van der Waals surface area contributed by atoms with Crippen molar-refractivity contribution < 1.29 is 23.5 Å². The fourth-order valence-electron chi connectivity index (χ4n) is 4.22. The molecule has 188 valence electrons. The monoisotopic (exact) mass is 491 g/mol. The number of aromatic nitrogens is 3. The van der Waals surface area contributed by atoms with Crippen LogP contribution in [0.4, 0.5) is 16.3 Å². The number of nitrogens with one attached hydrogen (secondary N) is 2. The van der Waals surface area contributed by atoms with Gasteiger partial charge in [0.05, 0.1) is 25.1 Å². The Bertz CT molecular complexity index is 1350. The summed E-state index contributed by atoms with van der Waals surface area (Å²) in [6, 6.07) is 11.9. The van der Waals surface area contributed by atoms with Crippen LogP contribution in [0.25, 0.3) is 10.9 Å². The first kappa shape index (κ1) is 24.8. The summed E-state index contributed by atoms with van der Waals surface area (Å²) in [5, 5.41) is 10.1. The normalized spacial score (nSPS) is 13.2. The Morgan fingerprint density at radius 1 is 1.00 bits per heavy atom. The van der Waals surface area contributed by atoms with E-state index >= 15 is 0 Å². The van der Waals surface area contributed by atoms with Crippen molar-refractivity contribution in [3.05, 3.63) is 54.6 Å². The molecule has 2 N–H and O–H groups in total. The molecule has 1 aliphatic rings. The Balaban J connectivity index is 0.00000304. The number of hydrogen-bond donors (Lipinski definition) is 2. The summed E-state index contributed by atoms with van der Waals surface area (Å²) < 4.78 is 22.2. The first-order chi connectivity index (χ1) is 17.1. The topological polar surface area (TPSA) is 121 Å².